The van der Waals surface area contributed by atoms with Crippen LogP contribution in [0.1, 0.15) is 47.0 Å². The number of hydrogen-bond acceptors (Lipinski definition) is 3. The van der Waals surface area contributed by atoms with Crippen LogP contribution in [-0.4, -0.2) is 45.2 Å². The summed E-state index contributed by atoms with van der Waals surface area (Å²) in [7, 11) is -3.02. The van der Waals surface area contributed by atoms with E-state index >= 15 is 0 Å². The lowest BCUT2D eigenvalue weighted by atomic mass is 9.80. The normalized spacial score (nSPS) is 22.4. The van der Waals surface area contributed by atoms with E-state index in [1.54, 1.807) is 4.31 Å². The van der Waals surface area contributed by atoms with E-state index < -0.39 is 10.0 Å². The molecule has 0 amide bonds. The predicted molar refractivity (Wildman–Crippen MR) is 85.2 cm³/mol. The molecule has 1 atom stereocenters. The highest BCUT2D eigenvalue weighted by atomic mass is 32.2. The van der Waals surface area contributed by atoms with E-state index in [2.05, 4.69) is 33.0 Å². The van der Waals surface area contributed by atoms with Gasteiger partial charge in [-0.15, -0.1) is 0 Å². The van der Waals surface area contributed by atoms with Gasteiger partial charge in [-0.25, -0.2) is 12.7 Å². The van der Waals surface area contributed by atoms with E-state index in [9.17, 15) is 8.42 Å². The van der Waals surface area contributed by atoms with Crippen molar-refractivity contribution < 1.29 is 8.42 Å². The van der Waals surface area contributed by atoms with E-state index in [4.69, 9.17) is 0 Å². The first-order valence-corrected chi connectivity index (χ1v) is 9.61. The standard InChI is InChI=1S/C15H32N2O2S/c1-13(2)10-16-12-15(3,4)9-14-7-6-8-17(11-14)20(5,18)19/h13-14,16H,6-12H2,1-5H3. The molecule has 0 aromatic rings. The molecular weight excluding hydrogens is 272 g/mol. The maximum atomic E-state index is 11.7. The van der Waals surface area contributed by atoms with Gasteiger partial charge in [-0.3, -0.25) is 0 Å². The monoisotopic (exact) mass is 304 g/mol. The Kier molecular flexibility index (Phi) is 6.48. The fourth-order valence-electron chi connectivity index (χ4n) is 3.05. The Balaban J connectivity index is 2.46. The zero-order valence-electron chi connectivity index (χ0n) is 13.8. The molecular formula is C15H32N2O2S. The smallest absolute Gasteiger partial charge is 0.211 e. The summed E-state index contributed by atoms with van der Waals surface area (Å²) in [5, 5.41) is 3.52. The van der Waals surface area contributed by atoms with Crippen molar-refractivity contribution >= 4 is 10.0 Å². The Labute approximate surface area is 125 Å². The summed E-state index contributed by atoms with van der Waals surface area (Å²) < 4.78 is 25.0. The van der Waals surface area contributed by atoms with Gasteiger partial charge in [-0.05, 0) is 43.1 Å². The number of piperidine rings is 1. The molecule has 0 bridgehead atoms. The molecule has 0 spiro atoms. The van der Waals surface area contributed by atoms with Gasteiger partial charge in [0, 0.05) is 19.6 Å². The van der Waals surface area contributed by atoms with Gasteiger partial charge in [0.25, 0.3) is 0 Å². The second-order valence-corrected chi connectivity index (χ2v) is 9.50. The van der Waals surface area contributed by atoms with Crippen molar-refractivity contribution in [1.82, 2.24) is 9.62 Å². The fourth-order valence-corrected chi connectivity index (χ4v) is 3.99. The number of hydrogen-bond donors (Lipinski definition) is 1. The average Bonchev–Trinajstić information content (AvgIpc) is 2.26. The molecule has 1 aliphatic heterocycles. The summed E-state index contributed by atoms with van der Waals surface area (Å²) in [6.45, 7) is 12.4. The molecule has 0 aliphatic carbocycles. The summed E-state index contributed by atoms with van der Waals surface area (Å²) in [5.74, 6) is 1.16. The highest BCUT2D eigenvalue weighted by Crippen LogP contribution is 2.31. The molecule has 1 rings (SSSR count). The molecule has 1 N–H and O–H groups in total. The van der Waals surface area contributed by atoms with Crippen LogP contribution in [0.2, 0.25) is 0 Å². The molecule has 5 heteroatoms. The van der Waals surface area contributed by atoms with E-state index in [0.717, 1.165) is 32.4 Å². The molecule has 0 aromatic carbocycles. The topological polar surface area (TPSA) is 49.4 Å². The van der Waals surface area contributed by atoms with Crippen LogP contribution in [0.3, 0.4) is 0 Å². The lowest BCUT2D eigenvalue weighted by Gasteiger charge is -2.36. The van der Waals surface area contributed by atoms with Crippen molar-refractivity contribution in [3.63, 3.8) is 0 Å². The van der Waals surface area contributed by atoms with Crippen LogP contribution in [0.5, 0.6) is 0 Å². The highest BCUT2D eigenvalue weighted by Gasteiger charge is 2.30. The number of nitrogens with one attached hydrogen (secondary N) is 1. The maximum absolute atomic E-state index is 11.7. The Bertz CT molecular complexity index is 391. The maximum Gasteiger partial charge on any atom is 0.211 e. The van der Waals surface area contributed by atoms with Gasteiger partial charge in [0.1, 0.15) is 0 Å². The third kappa shape index (κ3) is 6.55. The van der Waals surface area contributed by atoms with Crippen molar-refractivity contribution in [3.8, 4) is 0 Å². The largest absolute Gasteiger partial charge is 0.316 e. The first-order valence-electron chi connectivity index (χ1n) is 7.76. The van der Waals surface area contributed by atoms with Gasteiger partial charge < -0.3 is 5.32 Å². The Morgan fingerprint density at radius 2 is 2.00 bits per heavy atom. The third-order valence-corrected chi connectivity index (χ3v) is 5.22. The van der Waals surface area contributed by atoms with E-state index in [0.29, 0.717) is 24.9 Å². The molecule has 120 valence electrons. The third-order valence-electron chi connectivity index (χ3n) is 3.95. The minimum absolute atomic E-state index is 0.222. The van der Waals surface area contributed by atoms with Crippen molar-refractivity contribution in [2.24, 2.45) is 17.3 Å². The van der Waals surface area contributed by atoms with Crippen molar-refractivity contribution in [1.29, 1.82) is 0 Å². The quantitative estimate of drug-likeness (QED) is 0.785. The van der Waals surface area contributed by atoms with Crippen molar-refractivity contribution in [3.05, 3.63) is 0 Å². The number of rotatable bonds is 7. The fraction of sp³-hybridized carbons (Fsp3) is 1.00. The summed E-state index contributed by atoms with van der Waals surface area (Å²) in [4.78, 5) is 0. The van der Waals surface area contributed by atoms with Crippen molar-refractivity contribution in [2.45, 2.75) is 47.0 Å². The molecule has 0 radical (unpaired) electrons. The van der Waals surface area contributed by atoms with Crippen LogP contribution in [-0.2, 0) is 10.0 Å². The average molecular weight is 304 g/mol. The van der Waals surface area contributed by atoms with Gasteiger partial charge >= 0.3 is 0 Å². The van der Waals surface area contributed by atoms with Crippen LogP contribution in [0, 0.1) is 17.3 Å². The number of sulfonamides is 1. The summed E-state index contributed by atoms with van der Waals surface area (Å²) in [5.41, 5.74) is 0.222. The Morgan fingerprint density at radius 3 is 2.55 bits per heavy atom. The van der Waals surface area contributed by atoms with Crippen LogP contribution >= 0.6 is 0 Å². The Morgan fingerprint density at radius 1 is 1.35 bits per heavy atom. The number of nitrogens with zero attached hydrogens (tertiary/aromatic N) is 1. The molecule has 1 heterocycles. The van der Waals surface area contributed by atoms with Gasteiger partial charge in [-0.2, -0.15) is 0 Å². The molecule has 0 saturated carbocycles. The minimum atomic E-state index is -3.02. The van der Waals surface area contributed by atoms with E-state index in [1.165, 1.54) is 6.26 Å². The SMILES string of the molecule is CC(C)CNCC(C)(C)CC1CCCN(S(C)(=O)=O)C1. The van der Waals surface area contributed by atoms with E-state index in [-0.39, 0.29) is 5.41 Å². The van der Waals surface area contributed by atoms with Crippen LogP contribution in [0.4, 0.5) is 0 Å². The minimum Gasteiger partial charge on any atom is -0.316 e. The zero-order valence-corrected chi connectivity index (χ0v) is 14.6. The summed E-state index contributed by atoms with van der Waals surface area (Å²) in [6.07, 6.45) is 4.56. The Hall–Kier alpha value is -0.130. The van der Waals surface area contributed by atoms with Gasteiger partial charge in [0.15, 0.2) is 0 Å². The first-order chi connectivity index (χ1) is 9.10. The second kappa shape index (κ2) is 7.23. The van der Waals surface area contributed by atoms with Gasteiger partial charge in [0.2, 0.25) is 10.0 Å². The lowest BCUT2D eigenvalue weighted by molar-refractivity contribution is 0.185. The van der Waals surface area contributed by atoms with E-state index in [1.807, 2.05) is 0 Å². The summed E-state index contributed by atoms with van der Waals surface area (Å²) >= 11 is 0. The highest BCUT2D eigenvalue weighted by molar-refractivity contribution is 7.88. The van der Waals surface area contributed by atoms with Crippen LogP contribution < -0.4 is 5.32 Å². The molecule has 1 saturated heterocycles. The molecule has 1 unspecified atom stereocenters. The lowest BCUT2D eigenvalue weighted by Crippen LogP contribution is -2.41. The summed E-state index contributed by atoms with van der Waals surface area (Å²) in [6, 6.07) is 0. The van der Waals surface area contributed by atoms with Crippen LogP contribution in [0.15, 0.2) is 0 Å². The van der Waals surface area contributed by atoms with Gasteiger partial charge in [0.05, 0.1) is 6.26 Å². The van der Waals surface area contributed by atoms with Gasteiger partial charge in [-0.1, -0.05) is 27.7 Å². The molecule has 4 nitrogen and oxygen atoms in total. The van der Waals surface area contributed by atoms with Crippen molar-refractivity contribution in [2.75, 3.05) is 32.4 Å². The first kappa shape index (κ1) is 17.9. The second-order valence-electron chi connectivity index (χ2n) is 7.52. The molecule has 20 heavy (non-hydrogen) atoms. The molecule has 1 aliphatic rings. The van der Waals surface area contributed by atoms with Crippen LogP contribution in [0.25, 0.3) is 0 Å². The zero-order chi connectivity index (χ0) is 15.4. The molecule has 1 fully saturated rings. The predicted octanol–water partition coefficient (Wildman–Crippen LogP) is 2.32. The molecule has 0 aromatic heterocycles.